The summed E-state index contributed by atoms with van der Waals surface area (Å²) in [5.74, 6) is -0.282. The molecule has 0 spiro atoms. The Balaban J connectivity index is 1.94. The summed E-state index contributed by atoms with van der Waals surface area (Å²) in [6.07, 6.45) is 4.33. The fraction of sp³-hybridized carbons (Fsp3) is 0.267. The van der Waals surface area contributed by atoms with E-state index in [1.54, 1.807) is 6.20 Å². The van der Waals surface area contributed by atoms with E-state index in [2.05, 4.69) is 10.3 Å². The lowest BCUT2D eigenvalue weighted by Crippen LogP contribution is -2.33. The van der Waals surface area contributed by atoms with Crippen LogP contribution in [0.1, 0.15) is 6.42 Å². The number of carbonyl (C=O) groups excluding carboxylic acids is 1. The van der Waals surface area contributed by atoms with Gasteiger partial charge in [0.1, 0.15) is 0 Å². The molecule has 1 aliphatic rings. The van der Waals surface area contributed by atoms with Gasteiger partial charge in [-0.3, -0.25) is 9.78 Å². The van der Waals surface area contributed by atoms with Crippen LogP contribution in [0.15, 0.2) is 36.5 Å². The molecule has 1 amide bonds. The first-order valence-corrected chi connectivity index (χ1v) is 6.59. The average molecular weight is 266 g/mol. The van der Waals surface area contributed by atoms with E-state index >= 15 is 0 Å². The van der Waals surface area contributed by atoms with Crippen LogP contribution in [0.3, 0.4) is 0 Å². The molecule has 0 saturated carbocycles. The highest BCUT2D eigenvalue weighted by Crippen LogP contribution is 2.22. The Morgan fingerprint density at radius 2 is 2.30 bits per heavy atom. The summed E-state index contributed by atoms with van der Waals surface area (Å²) in [6, 6.07) is 9.47. The second-order valence-electron chi connectivity index (χ2n) is 4.85. The smallest absolute Gasteiger partial charge is 0.244 e. The van der Waals surface area contributed by atoms with Crippen LogP contribution in [0, 0.1) is 17.4 Å². The molecule has 2 heterocycles. The lowest BCUT2D eigenvalue weighted by molar-refractivity contribution is -0.121. The Morgan fingerprint density at radius 3 is 3.05 bits per heavy atom. The van der Waals surface area contributed by atoms with Crippen LogP contribution in [0.5, 0.6) is 0 Å². The predicted octanol–water partition coefficient (Wildman–Crippen LogP) is 1.66. The van der Waals surface area contributed by atoms with Crippen LogP contribution in [0.2, 0.25) is 0 Å². The molecule has 1 fully saturated rings. The van der Waals surface area contributed by atoms with E-state index in [1.165, 1.54) is 0 Å². The number of hydrogen-bond donors (Lipinski definition) is 1. The van der Waals surface area contributed by atoms with E-state index in [4.69, 9.17) is 0 Å². The molecule has 1 saturated heterocycles. The number of hydrogen-bond acceptors (Lipinski definition) is 4. The van der Waals surface area contributed by atoms with Crippen LogP contribution in [-0.2, 0) is 4.79 Å². The normalized spacial score (nSPS) is 17.9. The maximum atomic E-state index is 12.3. The Kier molecular flexibility index (Phi) is 3.32. The zero-order chi connectivity index (χ0) is 13.9. The first kappa shape index (κ1) is 12.6. The van der Waals surface area contributed by atoms with Gasteiger partial charge in [0, 0.05) is 11.9 Å². The third-order valence-electron chi connectivity index (χ3n) is 3.56. The summed E-state index contributed by atoms with van der Waals surface area (Å²) >= 11 is 0. The van der Waals surface area contributed by atoms with Gasteiger partial charge in [0.25, 0.3) is 0 Å². The summed E-state index contributed by atoms with van der Waals surface area (Å²) in [4.78, 5) is 17.8. The van der Waals surface area contributed by atoms with Crippen molar-refractivity contribution in [3.63, 3.8) is 0 Å². The summed E-state index contributed by atoms with van der Waals surface area (Å²) in [7, 11) is 0. The van der Waals surface area contributed by atoms with Gasteiger partial charge in [0.2, 0.25) is 5.91 Å². The van der Waals surface area contributed by atoms with Crippen molar-refractivity contribution in [3.8, 4) is 6.19 Å². The highest BCUT2D eigenvalue weighted by atomic mass is 16.2. The van der Waals surface area contributed by atoms with Crippen LogP contribution in [0.4, 0.5) is 5.69 Å². The van der Waals surface area contributed by atoms with Gasteiger partial charge in [-0.15, -0.1) is 0 Å². The predicted molar refractivity (Wildman–Crippen MR) is 75.8 cm³/mol. The maximum absolute atomic E-state index is 12.3. The SMILES string of the molecule is N#CN(C(=O)[C@H]1CCNC1)c1cnc2ccccc2c1. The number of rotatable bonds is 2. The second kappa shape index (κ2) is 5.27. The van der Waals surface area contributed by atoms with Crippen LogP contribution < -0.4 is 10.2 Å². The fourth-order valence-corrected chi connectivity index (χ4v) is 2.46. The largest absolute Gasteiger partial charge is 0.316 e. The molecule has 20 heavy (non-hydrogen) atoms. The quantitative estimate of drug-likeness (QED) is 0.663. The number of nitriles is 1. The molecule has 2 aromatic rings. The number of pyridine rings is 1. The number of amides is 1. The lowest BCUT2D eigenvalue weighted by Gasteiger charge is -2.17. The van der Waals surface area contributed by atoms with Crippen molar-refractivity contribution in [3.05, 3.63) is 36.5 Å². The lowest BCUT2D eigenvalue weighted by atomic mass is 10.1. The van der Waals surface area contributed by atoms with Gasteiger partial charge in [-0.05, 0) is 25.1 Å². The van der Waals surface area contributed by atoms with Crippen molar-refractivity contribution in [1.29, 1.82) is 5.26 Å². The number of benzene rings is 1. The van der Waals surface area contributed by atoms with Gasteiger partial charge < -0.3 is 5.32 Å². The maximum Gasteiger partial charge on any atom is 0.244 e. The van der Waals surface area contributed by atoms with E-state index < -0.39 is 0 Å². The average Bonchev–Trinajstić information content (AvgIpc) is 3.02. The molecule has 5 nitrogen and oxygen atoms in total. The van der Waals surface area contributed by atoms with E-state index in [-0.39, 0.29) is 11.8 Å². The van der Waals surface area contributed by atoms with Crippen molar-refractivity contribution in [1.82, 2.24) is 10.3 Å². The zero-order valence-corrected chi connectivity index (χ0v) is 10.9. The molecule has 1 aliphatic heterocycles. The first-order valence-electron chi connectivity index (χ1n) is 6.59. The number of para-hydroxylation sites is 1. The number of aromatic nitrogens is 1. The second-order valence-corrected chi connectivity index (χ2v) is 4.85. The van der Waals surface area contributed by atoms with Gasteiger partial charge in [0.05, 0.1) is 23.3 Å². The summed E-state index contributed by atoms with van der Waals surface area (Å²) < 4.78 is 0. The van der Waals surface area contributed by atoms with E-state index in [0.29, 0.717) is 12.2 Å². The van der Waals surface area contributed by atoms with Crippen molar-refractivity contribution in [2.45, 2.75) is 6.42 Å². The standard InChI is InChI=1S/C15H14N4O/c16-10-19(15(20)12-5-6-17-8-12)13-7-11-3-1-2-4-14(11)18-9-13/h1-4,7,9,12,17H,5-6,8H2/t12-/m0/s1. The topological polar surface area (TPSA) is 69.0 Å². The molecule has 0 bridgehead atoms. The third-order valence-corrected chi connectivity index (χ3v) is 3.56. The third kappa shape index (κ3) is 2.22. The number of nitrogens with one attached hydrogen (secondary N) is 1. The van der Waals surface area contributed by atoms with E-state index in [9.17, 15) is 10.1 Å². The molecule has 5 heteroatoms. The Bertz CT molecular complexity index is 686. The van der Waals surface area contributed by atoms with Gasteiger partial charge in [-0.2, -0.15) is 5.26 Å². The molecule has 3 rings (SSSR count). The molecular weight excluding hydrogens is 252 g/mol. The molecule has 100 valence electrons. The molecule has 1 aromatic heterocycles. The zero-order valence-electron chi connectivity index (χ0n) is 10.9. The van der Waals surface area contributed by atoms with Crippen molar-refractivity contribution < 1.29 is 4.79 Å². The number of anilines is 1. The molecule has 0 unspecified atom stereocenters. The minimum absolute atomic E-state index is 0.124. The molecule has 0 aliphatic carbocycles. The molecule has 1 aromatic carbocycles. The Labute approximate surface area is 116 Å². The van der Waals surface area contributed by atoms with Crippen molar-refractivity contribution >= 4 is 22.5 Å². The van der Waals surface area contributed by atoms with Crippen LogP contribution in [-0.4, -0.2) is 24.0 Å². The Hall–Kier alpha value is -2.45. The molecule has 1 atom stereocenters. The monoisotopic (exact) mass is 266 g/mol. The summed E-state index contributed by atoms with van der Waals surface area (Å²) in [5, 5.41) is 13.3. The summed E-state index contributed by atoms with van der Waals surface area (Å²) in [6.45, 7) is 1.46. The summed E-state index contributed by atoms with van der Waals surface area (Å²) in [5.41, 5.74) is 1.38. The number of fused-ring (bicyclic) bond motifs is 1. The first-order chi connectivity index (χ1) is 9.79. The van der Waals surface area contributed by atoms with Crippen molar-refractivity contribution in [2.75, 3.05) is 18.0 Å². The van der Waals surface area contributed by atoms with Crippen LogP contribution >= 0.6 is 0 Å². The minimum atomic E-state index is -0.158. The van der Waals surface area contributed by atoms with Crippen molar-refractivity contribution in [2.24, 2.45) is 5.92 Å². The fourth-order valence-electron chi connectivity index (χ4n) is 2.46. The van der Waals surface area contributed by atoms with Gasteiger partial charge in [0.15, 0.2) is 6.19 Å². The molecule has 1 N–H and O–H groups in total. The highest BCUT2D eigenvalue weighted by molar-refractivity contribution is 5.99. The Morgan fingerprint density at radius 1 is 1.45 bits per heavy atom. The van der Waals surface area contributed by atoms with Gasteiger partial charge in [-0.1, -0.05) is 18.2 Å². The van der Waals surface area contributed by atoms with E-state index in [1.807, 2.05) is 36.5 Å². The van der Waals surface area contributed by atoms with Gasteiger partial charge >= 0.3 is 0 Å². The molecular formula is C15H14N4O. The minimum Gasteiger partial charge on any atom is -0.316 e. The van der Waals surface area contributed by atoms with Gasteiger partial charge in [-0.25, -0.2) is 4.90 Å². The number of carbonyl (C=O) groups is 1. The van der Waals surface area contributed by atoms with Crippen LogP contribution in [0.25, 0.3) is 10.9 Å². The number of nitrogens with zero attached hydrogens (tertiary/aromatic N) is 3. The molecule has 0 radical (unpaired) electrons. The highest BCUT2D eigenvalue weighted by Gasteiger charge is 2.28. The van der Waals surface area contributed by atoms with E-state index in [0.717, 1.165) is 28.8 Å².